The lowest BCUT2D eigenvalue weighted by atomic mass is 10.00. The first-order valence-corrected chi connectivity index (χ1v) is 11.9. The average molecular weight is 435 g/mol. The first-order valence-electron chi connectivity index (χ1n) is 11.9. The number of carbonyl (C=O) groups excluding carboxylic acids is 2. The van der Waals surface area contributed by atoms with E-state index >= 15 is 0 Å². The predicted molar refractivity (Wildman–Crippen MR) is 124 cm³/mol. The van der Waals surface area contributed by atoms with Crippen molar-refractivity contribution in [3.63, 3.8) is 0 Å². The fraction of sp³-hybridized carbons (Fsp3) is 0.538. The summed E-state index contributed by atoms with van der Waals surface area (Å²) >= 11 is 0. The van der Waals surface area contributed by atoms with E-state index in [1.165, 1.54) is 12.8 Å². The van der Waals surface area contributed by atoms with Crippen molar-refractivity contribution in [1.82, 2.24) is 20.2 Å². The lowest BCUT2D eigenvalue weighted by Crippen LogP contribution is -2.34. The summed E-state index contributed by atoms with van der Waals surface area (Å²) in [7, 11) is 0. The van der Waals surface area contributed by atoms with Gasteiger partial charge in [0.05, 0.1) is 12.3 Å². The average Bonchev–Trinajstić information content (AvgIpc) is 3.48. The first-order chi connectivity index (χ1) is 15.4. The van der Waals surface area contributed by atoms with Gasteiger partial charge in [-0.25, -0.2) is 9.97 Å². The van der Waals surface area contributed by atoms with E-state index < -0.39 is 0 Å². The minimum Gasteiger partial charge on any atom is -0.353 e. The minimum atomic E-state index is -0.153. The molecule has 170 valence electrons. The summed E-state index contributed by atoms with van der Waals surface area (Å²) in [5.74, 6) is 1.00. The van der Waals surface area contributed by atoms with E-state index in [9.17, 15) is 9.59 Å². The van der Waals surface area contributed by atoms with Gasteiger partial charge in [-0.3, -0.25) is 9.59 Å². The normalized spacial score (nSPS) is 19.8. The van der Waals surface area contributed by atoms with Crippen molar-refractivity contribution >= 4 is 11.8 Å². The SMILES string of the molecule is Cc1nc([C@@H]2CCN(C(=O)[C@H](C)c3ccccc3)C2)nc(C)c1CC(=O)NC1CCCC1. The third kappa shape index (κ3) is 5.00. The topological polar surface area (TPSA) is 75.2 Å². The summed E-state index contributed by atoms with van der Waals surface area (Å²) in [4.78, 5) is 37.0. The second-order valence-electron chi connectivity index (χ2n) is 9.36. The maximum Gasteiger partial charge on any atom is 0.229 e. The summed E-state index contributed by atoms with van der Waals surface area (Å²) in [5, 5.41) is 3.16. The summed E-state index contributed by atoms with van der Waals surface area (Å²) in [6.45, 7) is 7.28. The Bertz CT molecular complexity index is 946. The Labute approximate surface area is 190 Å². The maximum atomic E-state index is 13.0. The molecule has 6 heteroatoms. The molecule has 1 aliphatic heterocycles. The van der Waals surface area contributed by atoms with E-state index in [1.807, 2.05) is 56.0 Å². The number of carbonyl (C=O) groups is 2. The van der Waals surface area contributed by atoms with Crippen molar-refractivity contribution in [1.29, 1.82) is 0 Å². The monoisotopic (exact) mass is 434 g/mol. The van der Waals surface area contributed by atoms with Crippen LogP contribution in [-0.4, -0.2) is 45.8 Å². The Balaban J connectivity index is 1.40. The van der Waals surface area contributed by atoms with Gasteiger partial charge in [0.2, 0.25) is 11.8 Å². The fourth-order valence-corrected chi connectivity index (χ4v) is 5.04. The van der Waals surface area contributed by atoms with Gasteiger partial charge in [0.1, 0.15) is 5.82 Å². The van der Waals surface area contributed by atoms with Gasteiger partial charge in [-0.05, 0) is 45.6 Å². The molecule has 2 amide bonds. The number of benzene rings is 1. The quantitative estimate of drug-likeness (QED) is 0.750. The van der Waals surface area contributed by atoms with Crippen molar-refractivity contribution in [3.05, 3.63) is 58.7 Å². The molecule has 2 aliphatic rings. The van der Waals surface area contributed by atoms with Gasteiger partial charge in [0.15, 0.2) is 0 Å². The molecule has 2 fully saturated rings. The number of likely N-dealkylation sites (tertiary alicyclic amines) is 1. The Kier molecular flexibility index (Phi) is 6.87. The van der Waals surface area contributed by atoms with E-state index in [-0.39, 0.29) is 23.7 Å². The van der Waals surface area contributed by atoms with Crippen molar-refractivity contribution in [2.45, 2.75) is 77.2 Å². The maximum absolute atomic E-state index is 13.0. The van der Waals surface area contributed by atoms with Crippen LogP contribution in [0.15, 0.2) is 30.3 Å². The highest BCUT2D eigenvalue weighted by atomic mass is 16.2. The molecule has 0 bridgehead atoms. The predicted octanol–water partition coefficient (Wildman–Crippen LogP) is 3.81. The molecule has 1 saturated heterocycles. The molecule has 4 rings (SSSR count). The molecule has 0 spiro atoms. The second-order valence-corrected chi connectivity index (χ2v) is 9.36. The number of aromatic nitrogens is 2. The molecule has 1 N–H and O–H groups in total. The Morgan fingerprint density at radius 1 is 1.06 bits per heavy atom. The van der Waals surface area contributed by atoms with Crippen LogP contribution in [0.3, 0.4) is 0 Å². The van der Waals surface area contributed by atoms with Gasteiger partial charge in [0, 0.05) is 42.0 Å². The summed E-state index contributed by atoms with van der Waals surface area (Å²) < 4.78 is 0. The number of nitrogens with zero attached hydrogens (tertiary/aromatic N) is 3. The minimum absolute atomic E-state index is 0.0620. The molecule has 2 heterocycles. The van der Waals surface area contributed by atoms with Gasteiger partial charge in [-0.1, -0.05) is 43.2 Å². The molecule has 0 unspecified atom stereocenters. The number of rotatable bonds is 6. The molecule has 2 atom stereocenters. The van der Waals surface area contributed by atoms with Gasteiger partial charge in [0.25, 0.3) is 0 Å². The van der Waals surface area contributed by atoms with Crippen LogP contribution in [0.2, 0.25) is 0 Å². The molecule has 1 saturated carbocycles. The van der Waals surface area contributed by atoms with Crippen LogP contribution in [0.25, 0.3) is 0 Å². The van der Waals surface area contributed by atoms with Gasteiger partial charge < -0.3 is 10.2 Å². The molecule has 2 aromatic rings. The smallest absolute Gasteiger partial charge is 0.229 e. The van der Waals surface area contributed by atoms with E-state index in [0.29, 0.717) is 19.0 Å². The summed E-state index contributed by atoms with van der Waals surface area (Å²) in [6, 6.07) is 10.3. The number of amides is 2. The third-order valence-corrected chi connectivity index (χ3v) is 7.03. The van der Waals surface area contributed by atoms with Gasteiger partial charge in [-0.2, -0.15) is 0 Å². The van der Waals surface area contributed by atoms with Gasteiger partial charge in [-0.15, -0.1) is 0 Å². The summed E-state index contributed by atoms with van der Waals surface area (Å²) in [6.07, 6.45) is 5.77. The standard InChI is InChI=1S/C26H34N4O2/c1-17(20-9-5-4-6-10-20)26(32)30-14-13-21(16-30)25-27-18(2)23(19(3)28-25)15-24(31)29-22-11-7-8-12-22/h4-6,9-10,17,21-22H,7-8,11-16H2,1-3H3,(H,29,31)/t17-,21-/m1/s1. The van der Waals surface area contributed by atoms with E-state index in [1.54, 1.807) is 0 Å². The number of nitrogens with one attached hydrogen (secondary N) is 1. The van der Waals surface area contributed by atoms with Crippen LogP contribution < -0.4 is 5.32 Å². The van der Waals surface area contributed by atoms with Crippen LogP contribution in [0.1, 0.15) is 79.2 Å². The molecule has 1 aromatic carbocycles. The van der Waals surface area contributed by atoms with Crippen LogP contribution in [0.4, 0.5) is 0 Å². The molecule has 1 aromatic heterocycles. The molecule has 0 radical (unpaired) electrons. The lowest BCUT2D eigenvalue weighted by molar-refractivity contribution is -0.131. The number of hydrogen-bond acceptors (Lipinski definition) is 4. The van der Waals surface area contributed by atoms with Crippen LogP contribution in [0.5, 0.6) is 0 Å². The highest BCUT2D eigenvalue weighted by molar-refractivity contribution is 5.83. The van der Waals surface area contributed by atoms with Crippen LogP contribution >= 0.6 is 0 Å². The summed E-state index contributed by atoms with van der Waals surface area (Å²) in [5.41, 5.74) is 3.71. The molecule has 1 aliphatic carbocycles. The highest BCUT2D eigenvalue weighted by Crippen LogP contribution is 2.29. The lowest BCUT2D eigenvalue weighted by Gasteiger charge is -2.21. The Hall–Kier alpha value is -2.76. The molecular weight excluding hydrogens is 400 g/mol. The molecule has 32 heavy (non-hydrogen) atoms. The van der Waals surface area contributed by atoms with Gasteiger partial charge >= 0.3 is 0 Å². The highest BCUT2D eigenvalue weighted by Gasteiger charge is 2.32. The van der Waals surface area contributed by atoms with E-state index in [4.69, 9.17) is 9.97 Å². The van der Waals surface area contributed by atoms with E-state index in [0.717, 1.165) is 54.1 Å². The number of hydrogen-bond donors (Lipinski definition) is 1. The van der Waals surface area contributed by atoms with Crippen molar-refractivity contribution in [2.24, 2.45) is 0 Å². The fourth-order valence-electron chi connectivity index (χ4n) is 5.04. The van der Waals surface area contributed by atoms with Crippen LogP contribution in [-0.2, 0) is 16.0 Å². The zero-order valence-electron chi connectivity index (χ0n) is 19.4. The van der Waals surface area contributed by atoms with Crippen molar-refractivity contribution in [3.8, 4) is 0 Å². The third-order valence-electron chi connectivity index (χ3n) is 7.03. The van der Waals surface area contributed by atoms with Crippen LogP contribution in [0, 0.1) is 13.8 Å². The largest absolute Gasteiger partial charge is 0.353 e. The molecular formula is C26H34N4O2. The zero-order chi connectivity index (χ0) is 22.7. The Morgan fingerprint density at radius 3 is 2.38 bits per heavy atom. The zero-order valence-corrected chi connectivity index (χ0v) is 19.4. The molecule has 6 nitrogen and oxygen atoms in total. The van der Waals surface area contributed by atoms with E-state index in [2.05, 4.69) is 5.32 Å². The second kappa shape index (κ2) is 9.80. The number of aryl methyl sites for hydroxylation is 2. The van der Waals surface area contributed by atoms with Crippen molar-refractivity contribution in [2.75, 3.05) is 13.1 Å². The van der Waals surface area contributed by atoms with Crippen molar-refractivity contribution < 1.29 is 9.59 Å². The Morgan fingerprint density at radius 2 is 1.72 bits per heavy atom. The first kappa shape index (κ1) is 22.4.